The SMILES string of the molecule is CN[C@@H](C)C1(O)CN(C(=O)c2cc3c(ncn3C)c(F)c2Cc2ccc(Br)cc2Cl)C1. The van der Waals surface area contributed by atoms with Gasteiger partial charge in [0.2, 0.25) is 0 Å². The molecule has 6 nitrogen and oxygen atoms in total. The number of likely N-dealkylation sites (tertiary alicyclic amines) is 1. The first-order chi connectivity index (χ1) is 14.6. The van der Waals surface area contributed by atoms with Crippen LogP contribution in [-0.2, 0) is 13.5 Å². The van der Waals surface area contributed by atoms with Crippen LogP contribution in [0.15, 0.2) is 35.1 Å². The highest BCUT2D eigenvalue weighted by atomic mass is 79.9. The topological polar surface area (TPSA) is 70.4 Å². The molecule has 0 bridgehead atoms. The first-order valence-corrected chi connectivity index (χ1v) is 11.1. The lowest BCUT2D eigenvalue weighted by Crippen LogP contribution is -2.70. The summed E-state index contributed by atoms with van der Waals surface area (Å²) >= 11 is 9.74. The number of halogens is 3. The summed E-state index contributed by atoms with van der Waals surface area (Å²) in [6, 6.07) is 6.88. The number of hydrogen-bond donors (Lipinski definition) is 2. The summed E-state index contributed by atoms with van der Waals surface area (Å²) in [5, 5.41) is 14.2. The molecular formula is C22H23BrClFN4O2. The molecule has 164 valence electrons. The van der Waals surface area contributed by atoms with E-state index in [1.54, 1.807) is 36.9 Å². The maximum Gasteiger partial charge on any atom is 0.254 e. The lowest BCUT2D eigenvalue weighted by molar-refractivity contribution is -0.0990. The predicted molar refractivity (Wildman–Crippen MR) is 122 cm³/mol. The Morgan fingerprint density at radius 1 is 1.42 bits per heavy atom. The van der Waals surface area contributed by atoms with Gasteiger partial charge in [0.25, 0.3) is 5.91 Å². The largest absolute Gasteiger partial charge is 0.385 e. The minimum Gasteiger partial charge on any atom is -0.385 e. The van der Waals surface area contributed by atoms with Gasteiger partial charge in [0.05, 0.1) is 24.9 Å². The normalized spacial score (nSPS) is 16.4. The number of carbonyl (C=O) groups is 1. The average Bonchev–Trinajstić information content (AvgIpc) is 3.09. The molecule has 1 amide bonds. The molecule has 0 unspecified atom stereocenters. The van der Waals surface area contributed by atoms with Crippen LogP contribution in [0, 0.1) is 5.82 Å². The molecule has 0 aliphatic carbocycles. The number of aryl methyl sites for hydroxylation is 1. The van der Waals surface area contributed by atoms with Crippen molar-refractivity contribution in [2.75, 3.05) is 20.1 Å². The van der Waals surface area contributed by atoms with Gasteiger partial charge in [-0.25, -0.2) is 9.37 Å². The standard InChI is InChI=1S/C22H23BrClFN4O2/c1-12(26-2)22(31)9-29(10-22)21(30)16-8-18-20(27-11-28(18)3)19(25)15(16)6-13-4-5-14(23)7-17(13)24/h4-5,7-8,11-12,26,31H,6,9-10H2,1-3H3/t12-/m0/s1. The lowest BCUT2D eigenvalue weighted by atomic mass is 9.85. The maximum absolute atomic E-state index is 15.6. The molecule has 3 aromatic rings. The second-order valence-electron chi connectivity index (χ2n) is 8.13. The van der Waals surface area contributed by atoms with E-state index in [1.165, 1.54) is 11.2 Å². The third-order valence-corrected chi connectivity index (χ3v) is 6.98. The van der Waals surface area contributed by atoms with E-state index in [2.05, 4.69) is 26.2 Å². The molecule has 1 atom stereocenters. The number of fused-ring (bicyclic) bond motifs is 1. The van der Waals surface area contributed by atoms with E-state index in [0.717, 1.165) is 4.47 Å². The van der Waals surface area contributed by atoms with Crippen molar-refractivity contribution in [2.45, 2.75) is 25.0 Å². The van der Waals surface area contributed by atoms with Gasteiger partial charge < -0.3 is 19.9 Å². The molecule has 1 aliphatic rings. The van der Waals surface area contributed by atoms with Gasteiger partial charge in [-0.1, -0.05) is 33.6 Å². The van der Waals surface area contributed by atoms with Crippen molar-refractivity contribution in [1.29, 1.82) is 0 Å². The van der Waals surface area contributed by atoms with E-state index in [-0.39, 0.29) is 48.1 Å². The van der Waals surface area contributed by atoms with Crippen LogP contribution < -0.4 is 5.32 Å². The summed E-state index contributed by atoms with van der Waals surface area (Å²) in [6.07, 6.45) is 1.67. The number of amides is 1. The molecule has 2 aromatic carbocycles. The molecule has 4 rings (SSSR count). The third kappa shape index (κ3) is 3.86. The van der Waals surface area contributed by atoms with Crippen molar-refractivity contribution in [1.82, 2.24) is 19.8 Å². The summed E-state index contributed by atoms with van der Waals surface area (Å²) < 4.78 is 18.1. The fourth-order valence-corrected chi connectivity index (χ4v) is 4.69. The van der Waals surface area contributed by atoms with E-state index in [1.807, 2.05) is 13.0 Å². The van der Waals surface area contributed by atoms with E-state index in [4.69, 9.17) is 11.6 Å². The molecule has 0 saturated carbocycles. The summed E-state index contributed by atoms with van der Waals surface area (Å²) in [5.74, 6) is -0.849. The van der Waals surface area contributed by atoms with Gasteiger partial charge in [0.1, 0.15) is 11.1 Å². The van der Waals surface area contributed by atoms with Crippen LogP contribution in [0.3, 0.4) is 0 Å². The van der Waals surface area contributed by atoms with Gasteiger partial charge in [-0.3, -0.25) is 4.79 Å². The molecule has 2 N–H and O–H groups in total. The van der Waals surface area contributed by atoms with Crippen LogP contribution in [0.5, 0.6) is 0 Å². The minimum absolute atomic E-state index is 0.149. The zero-order valence-corrected chi connectivity index (χ0v) is 19.8. The van der Waals surface area contributed by atoms with Crippen LogP contribution in [0.1, 0.15) is 28.4 Å². The van der Waals surface area contributed by atoms with Gasteiger partial charge in [-0.05, 0) is 37.7 Å². The smallest absolute Gasteiger partial charge is 0.254 e. The Bertz CT molecular complexity index is 1180. The molecule has 1 aromatic heterocycles. The highest BCUT2D eigenvalue weighted by Gasteiger charge is 2.47. The number of benzene rings is 2. The molecular weight excluding hydrogens is 487 g/mol. The van der Waals surface area contributed by atoms with Gasteiger partial charge in [0, 0.05) is 40.1 Å². The predicted octanol–water partition coefficient (Wildman–Crippen LogP) is 3.51. The number of aliphatic hydroxyl groups is 1. The van der Waals surface area contributed by atoms with Gasteiger partial charge >= 0.3 is 0 Å². The molecule has 1 saturated heterocycles. The Balaban J connectivity index is 1.76. The van der Waals surface area contributed by atoms with E-state index < -0.39 is 11.4 Å². The highest BCUT2D eigenvalue weighted by molar-refractivity contribution is 9.10. The van der Waals surface area contributed by atoms with Gasteiger partial charge in [-0.15, -0.1) is 0 Å². The Morgan fingerprint density at radius 2 is 2.13 bits per heavy atom. The number of carbonyl (C=O) groups excluding carboxylic acids is 1. The van der Waals surface area contributed by atoms with Crippen molar-refractivity contribution in [3.05, 3.63) is 62.6 Å². The molecule has 0 radical (unpaired) electrons. The van der Waals surface area contributed by atoms with Crippen molar-refractivity contribution in [3.8, 4) is 0 Å². The average molecular weight is 510 g/mol. The minimum atomic E-state index is -1.01. The number of rotatable bonds is 5. The van der Waals surface area contributed by atoms with Crippen molar-refractivity contribution in [3.63, 3.8) is 0 Å². The second kappa shape index (κ2) is 8.16. The summed E-state index contributed by atoms with van der Waals surface area (Å²) in [7, 11) is 3.52. The van der Waals surface area contributed by atoms with Gasteiger partial charge in [0.15, 0.2) is 5.82 Å². The second-order valence-corrected chi connectivity index (χ2v) is 9.45. The number of aromatic nitrogens is 2. The lowest BCUT2D eigenvalue weighted by Gasteiger charge is -2.49. The van der Waals surface area contributed by atoms with Crippen LogP contribution in [0.2, 0.25) is 5.02 Å². The molecule has 9 heteroatoms. The van der Waals surface area contributed by atoms with E-state index in [9.17, 15) is 9.90 Å². The number of nitrogens with one attached hydrogen (secondary N) is 1. The number of nitrogens with zero attached hydrogens (tertiary/aromatic N) is 3. The Kier molecular flexibility index (Phi) is 5.85. The fraction of sp³-hybridized carbons (Fsp3) is 0.364. The monoisotopic (exact) mass is 508 g/mol. The Hall–Kier alpha value is -2.00. The molecule has 2 heterocycles. The molecule has 1 aliphatic heterocycles. The van der Waals surface area contributed by atoms with Crippen molar-refractivity contribution >= 4 is 44.5 Å². The van der Waals surface area contributed by atoms with E-state index in [0.29, 0.717) is 16.1 Å². The third-order valence-electron chi connectivity index (χ3n) is 6.13. The zero-order chi connectivity index (χ0) is 22.5. The van der Waals surface area contributed by atoms with E-state index >= 15 is 4.39 Å². The number of β-amino-alcohol motifs (C(OH)–C–C–N with tert-alkyl or cyclic N) is 1. The van der Waals surface area contributed by atoms with Gasteiger partial charge in [-0.2, -0.15) is 0 Å². The van der Waals surface area contributed by atoms with Crippen LogP contribution in [-0.4, -0.2) is 57.2 Å². The van der Waals surface area contributed by atoms with Crippen LogP contribution >= 0.6 is 27.5 Å². The quantitative estimate of drug-likeness (QED) is 0.552. The van der Waals surface area contributed by atoms with Crippen molar-refractivity contribution < 1.29 is 14.3 Å². The van der Waals surface area contributed by atoms with Crippen molar-refractivity contribution in [2.24, 2.45) is 7.05 Å². The highest BCUT2D eigenvalue weighted by Crippen LogP contribution is 2.32. The molecule has 0 spiro atoms. The number of likely N-dealkylation sites (N-methyl/N-ethyl adjacent to an activating group) is 1. The van der Waals surface area contributed by atoms with Crippen LogP contribution in [0.4, 0.5) is 4.39 Å². The number of imidazole rings is 1. The number of hydrogen-bond acceptors (Lipinski definition) is 4. The molecule has 1 fully saturated rings. The maximum atomic E-state index is 15.6. The first kappa shape index (κ1) is 22.2. The zero-order valence-electron chi connectivity index (χ0n) is 17.4. The summed E-state index contributed by atoms with van der Waals surface area (Å²) in [5.41, 5.74) is 0.952. The Labute approximate surface area is 193 Å². The first-order valence-electron chi connectivity index (χ1n) is 9.90. The Morgan fingerprint density at radius 3 is 2.77 bits per heavy atom. The van der Waals surface area contributed by atoms with Crippen LogP contribution in [0.25, 0.3) is 11.0 Å². The summed E-state index contributed by atoms with van der Waals surface area (Å²) in [6.45, 7) is 2.22. The molecule has 31 heavy (non-hydrogen) atoms. The summed E-state index contributed by atoms with van der Waals surface area (Å²) in [4.78, 5) is 19.1. The fourth-order valence-electron chi connectivity index (χ4n) is 3.95.